The molecule has 6 atom stereocenters. The molecular weight excluding hydrogens is 294 g/mol. The van der Waals surface area contributed by atoms with Crippen molar-refractivity contribution in [3.63, 3.8) is 0 Å². The van der Waals surface area contributed by atoms with Crippen molar-refractivity contribution in [2.45, 2.75) is 77.2 Å². The Hall–Kier alpha value is -0.920. The first kappa shape index (κ1) is 15.3. The van der Waals surface area contributed by atoms with Crippen LogP contribution in [0.3, 0.4) is 0 Å². The fourth-order valence-electron chi connectivity index (χ4n) is 6.92. The molecule has 0 aromatic heterocycles. The van der Waals surface area contributed by atoms with Gasteiger partial charge in [0.05, 0.1) is 0 Å². The minimum absolute atomic E-state index is 0.387. The molecule has 0 aromatic rings. The summed E-state index contributed by atoms with van der Waals surface area (Å²) in [4.78, 5) is 16.7. The monoisotopic (exact) mass is 325 g/mol. The summed E-state index contributed by atoms with van der Waals surface area (Å²) in [5.41, 5.74) is 2.02. The number of hydrogen-bond donors (Lipinski definition) is 0. The fourth-order valence-corrected chi connectivity index (χ4v) is 6.92. The van der Waals surface area contributed by atoms with Gasteiger partial charge in [-0.2, -0.15) is 0 Å². The number of carbonyl (C=O) groups excluding carboxylic acids is 1. The van der Waals surface area contributed by atoms with E-state index < -0.39 is 0 Å². The van der Waals surface area contributed by atoms with Gasteiger partial charge in [0, 0.05) is 18.7 Å². The molecule has 2 nitrogen and oxygen atoms in total. The third-order valence-corrected chi connectivity index (χ3v) is 8.40. The molecule has 5 aliphatic carbocycles. The first-order valence-electron chi connectivity index (χ1n) is 10.4. The van der Waals surface area contributed by atoms with Crippen molar-refractivity contribution in [1.82, 2.24) is 0 Å². The van der Waals surface area contributed by atoms with Crippen LogP contribution in [0.15, 0.2) is 16.6 Å². The SMILES string of the molecule is CC12CCC3C4CCC(=O)C=C4CCC3C1CCC2C=NC1CC1. The fraction of sp³-hybridized carbons (Fsp3) is 0.818. The van der Waals surface area contributed by atoms with Crippen molar-refractivity contribution in [2.75, 3.05) is 0 Å². The average molecular weight is 325 g/mol. The number of carbonyl (C=O) groups is 1. The summed E-state index contributed by atoms with van der Waals surface area (Å²) in [7, 11) is 0. The lowest BCUT2D eigenvalue weighted by Crippen LogP contribution is -2.46. The molecule has 2 heteroatoms. The van der Waals surface area contributed by atoms with Gasteiger partial charge >= 0.3 is 0 Å². The van der Waals surface area contributed by atoms with Gasteiger partial charge in [-0.3, -0.25) is 9.79 Å². The van der Waals surface area contributed by atoms with Gasteiger partial charge in [-0.05, 0) is 98.9 Å². The van der Waals surface area contributed by atoms with E-state index in [4.69, 9.17) is 4.99 Å². The van der Waals surface area contributed by atoms with E-state index in [2.05, 4.69) is 13.1 Å². The van der Waals surface area contributed by atoms with Crippen molar-refractivity contribution in [3.05, 3.63) is 11.6 Å². The molecule has 0 radical (unpaired) electrons. The Morgan fingerprint density at radius 3 is 2.75 bits per heavy atom. The summed E-state index contributed by atoms with van der Waals surface area (Å²) >= 11 is 0. The van der Waals surface area contributed by atoms with Crippen LogP contribution < -0.4 is 0 Å². The molecule has 0 heterocycles. The molecule has 0 amide bonds. The molecule has 5 aliphatic rings. The molecule has 4 fully saturated rings. The Kier molecular flexibility index (Phi) is 3.54. The minimum atomic E-state index is 0.387. The predicted molar refractivity (Wildman–Crippen MR) is 97.1 cm³/mol. The summed E-state index contributed by atoms with van der Waals surface area (Å²) in [5, 5.41) is 0. The Morgan fingerprint density at radius 2 is 1.92 bits per heavy atom. The number of aliphatic imine (C=N–C) groups is 1. The number of hydrogen-bond acceptors (Lipinski definition) is 2. The predicted octanol–water partition coefficient (Wildman–Crippen LogP) is 4.98. The van der Waals surface area contributed by atoms with Crippen LogP contribution in [0, 0.1) is 35.0 Å². The molecule has 0 N–H and O–H groups in total. The van der Waals surface area contributed by atoms with Crippen molar-refractivity contribution < 1.29 is 4.79 Å². The number of allylic oxidation sites excluding steroid dienone is 1. The Bertz CT molecular complexity index is 601. The molecule has 5 rings (SSSR count). The number of rotatable bonds is 2. The van der Waals surface area contributed by atoms with E-state index in [-0.39, 0.29) is 0 Å². The second kappa shape index (κ2) is 5.54. The zero-order chi connectivity index (χ0) is 16.3. The molecular formula is C22H31NO. The number of ketones is 1. The quantitative estimate of drug-likeness (QED) is 0.659. The first-order chi connectivity index (χ1) is 11.6. The van der Waals surface area contributed by atoms with Gasteiger partial charge in [0.1, 0.15) is 0 Å². The van der Waals surface area contributed by atoms with E-state index in [1.807, 2.05) is 6.08 Å². The third kappa shape index (κ3) is 2.35. The number of nitrogens with zero attached hydrogens (tertiary/aromatic N) is 1. The van der Waals surface area contributed by atoms with Crippen molar-refractivity contribution >= 4 is 12.0 Å². The van der Waals surface area contributed by atoms with Gasteiger partial charge in [-0.1, -0.05) is 12.5 Å². The maximum Gasteiger partial charge on any atom is 0.155 e. The van der Waals surface area contributed by atoms with E-state index in [0.717, 1.165) is 42.4 Å². The molecule has 0 spiro atoms. The van der Waals surface area contributed by atoms with Crippen molar-refractivity contribution in [2.24, 2.45) is 40.0 Å². The largest absolute Gasteiger partial charge is 0.295 e. The molecule has 6 unspecified atom stereocenters. The smallest absolute Gasteiger partial charge is 0.155 e. The highest BCUT2D eigenvalue weighted by Crippen LogP contribution is 2.63. The van der Waals surface area contributed by atoms with Crippen LogP contribution in [-0.2, 0) is 4.79 Å². The lowest BCUT2D eigenvalue weighted by Gasteiger charge is -2.53. The highest BCUT2D eigenvalue weighted by molar-refractivity contribution is 5.91. The molecule has 24 heavy (non-hydrogen) atoms. The third-order valence-electron chi connectivity index (χ3n) is 8.40. The van der Waals surface area contributed by atoms with Gasteiger partial charge < -0.3 is 0 Å². The Labute approximate surface area is 146 Å². The summed E-state index contributed by atoms with van der Waals surface area (Å²) in [5.74, 6) is 4.55. The van der Waals surface area contributed by atoms with Crippen LogP contribution in [0.1, 0.15) is 71.1 Å². The summed E-state index contributed by atoms with van der Waals surface area (Å²) in [6.45, 7) is 2.58. The van der Waals surface area contributed by atoms with Gasteiger partial charge in [0.25, 0.3) is 0 Å². The van der Waals surface area contributed by atoms with E-state index in [1.54, 1.807) is 0 Å². The zero-order valence-corrected chi connectivity index (χ0v) is 15.0. The van der Waals surface area contributed by atoms with Crippen molar-refractivity contribution in [3.8, 4) is 0 Å². The molecule has 4 saturated carbocycles. The van der Waals surface area contributed by atoms with Crippen LogP contribution >= 0.6 is 0 Å². The lowest BCUT2D eigenvalue weighted by molar-refractivity contribution is -0.116. The summed E-state index contributed by atoms with van der Waals surface area (Å²) < 4.78 is 0. The molecule has 130 valence electrons. The average Bonchev–Trinajstić information content (AvgIpc) is 3.34. The molecule has 0 aromatic carbocycles. The van der Waals surface area contributed by atoms with Crippen LogP contribution in [-0.4, -0.2) is 18.0 Å². The van der Waals surface area contributed by atoms with Crippen molar-refractivity contribution in [1.29, 1.82) is 0 Å². The maximum atomic E-state index is 11.8. The topological polar surface area (TPSA) is 29.4 Å². The van der Waals surface area contributed by atoms with Gasteiger partial charge in [0.2, 0.25) is 0 Å². The Balaban J connectivity index is 1.38. The van der Waals surface area contributed by atoms with Crippen LogP contribution in [0.2, 0.25) is 0 Å². The Morgan fingerprint density at radius 1 is 1.04 bits per heavy atom. The minimum Gasteiger partial charge on any atom is -0.295 e. The normalized spacial score (nSPS) is 48.0. The first-order valence-corrected chi connectivity index (χ1v) is 10.4. The molecule has 0 saturated heterocycles. The van der Waals surface area contributed by atoms with E-state index in [1.165, 1.54) is 56.9 Å². The molecule has 0 bridgehead atoms. The van der Waals surface area contributed by atoms with E-state index in [0.29, 0.717) is 17.2 Å². The summed E-state index contributed by atoms with van der Waals surface area (Å²) in [6.07, 6.45) is 17.1. The van der Waals surface area contributed by atoms with E-state index >= 15 is 0 Å². The standard InChI is InChI=1S/C22H31NO/c1-22-11-10-19-18-8-6-17(24)12-14(18)2-7-20(19)21(22)9-3-15(22)13-23-16-4-5-16/h12-13,15-16,18-21H,2-11H2,1H3. The van der Waals surface area contributed by atoms with Crippen LogP contribution in [0.25, 0.3) is 0 Å². The van der Waals surface area contributed by atoms with Gasteiger partial charge in [0.15, 0.2) is 5.78 Å². The second-order valence-corrected chi connectivity index (χ2v) is 9.56. The highest BCUT2D eigenvalue weighted by Gasteiger charge is 2.55. The zero-order valence-electron chi connectivity index (χ0n) is 15.0. The van der Waals surface area contributed by atoms with Crippen LogP contribution in [0.4, 0.5) is 0 Å². The second-order valence-electron chi connectivity index (χ2n) is 9.56. The van der Waals surface area contributed by atoms with Gasteiger partial charge in [-0.15, -0.1) is 0 Å². The van der Waals surface area contributed by atoms with Crippen LogP contribution in [0.5, 0.6) is 0 Å². The highest BCUT2D eigenvalue weighted by atomic mass is 16.1. The lowest BCUT2D eigenvalue weighted by atomic mass is 9.51. The van der Waals surface area contributed by atoms with Gasteiger partial charge in [-0.25, -0.2) is 0 Å². The maximum absolute atomic E-state index is 11.8. The summed E-state index contributed by atoms with van der Waals surface area (Å²) in [6, 6.07) is 0.672. The number of fused-ring (bicyclic) bond motifs is 5. The molecule has 0 aliphatic heterocycles. The van der Waals surface area contributed by atoms with E-state index in [9.17, 15) is 4.79 Å².